The zero-order valence-corrected chi connectivity index (χ0v) is 8.89. The molecule has 1 N–H and O–H groups in total. The average Bonchev–Trinajstić information content (AvgIpc) is 2.03. The number of rotatable bonds is 6. The van der Waals surface area contributed by atoms with Crippen LogP contribution < -0.4 is 5.32 Å². The van der Waals surface area contributed by atoms with Crippen molar-refractivity contribution in [2.75, 3.05) is 26.7 Å². The first-order valence-corrected chi connectivity index (χ1v) is 4.67. The first-order chi connectivity index (χ1) is 6.07. The third kappa shape index (κ3) is 6.34. The first kappa shape index (κ1) is 12.2. The lowest BCUT2D eigenvalue weighted by molar-refractivity contribution is -0.129. The summed E-state index contributed by atoms with van der Waals surface area (Å²) >= 11 is 0. The summed E-state index contributed by atoms with van der Waals surface area (Å²) in [7, 11) is 1.81. The molecule has 3 heteroatoms. The van der Waals surface area contributed by atoms with Crippen LogP contribution >= 0.6 is 0 Å². The molecule has 0 aromatic carbocycles. The van der Waals surface area contributed by atoms with Gasteiger partial charge < -0.3 is 10.2 Å². The van der Waals surface area contributed by atoms with Crippen molar-refractivity contribution in [2.45, 2.75) is 20.3 Å². The average molecular weight is 184 g/mol. The van der Waals surface area contributed by atoms with E-state index in [-0.39, 0.29) is 5.91 Å². The third-order valence-electron chi connectivity index (χ3n) is 1.70. The maximum absolute atomic E-state index is 11.4. The van der Waals surface area contributed by atoms with Gasteiger partial charge in [0.15, 0.2) is 0 Å². The second-order valence-corrected chi connectivity index (χ2v) is 3.31. The summed E-state index contributed by atoms with van der Waals surface area (Å²) in [4.78, 5) is 13.1. The van der Waals surface area contributed by atoms with Gasteiger partial charge in [-0.25, -0.2) is 0 Å². The Hall–Kier alpha value is -0.830. The van der Waals surface area contributed by atoms with E-state index in [1.807, 2.05) is 20.9 Å². The van der Waals surface area contributed by atoms with Gasteiger partial charge >= 0.3 is 0 Å². The normalized spacial score (nSPS) is 9.77. The quantitative estimate of drug-likeness (QED) is 0.494. The first-order valence-electron chi connectivity index (χ1n) is 4.67. The van der Waals surface area contributed by atoms with E-state index >= 15 is 0 Å². The monoisotopic (exact) mass is 184 g/mol. The summed E-state index contributed by atoms with van der Waals surface area (Å²) in [5.74, 6) is 0.170. The van der Waals surface area contributed by atoms with Crippen molar-refractivity contribution in [3.8, 4) is 0 Å². The molecule has 1 amide bonds. The van der Waals surface area contributed by atoms with Gasteiger partial charge in [-0.15, -0.1) is 0 Å². The number of likely N-dealkylation sites (N-methyl/N-ethyl adjacent to an activating group) is 1. The van der Waals surface area contributed by atoms with Crippen molar-refractivity contribution in [1.29, 1.82) is 0 Å². The van der Waals surface area contributed by atoms with Gasteiger partial charge in [-0.05, 0) is 13.5 Å². The maximum Gasteiger partial charge on any atom is 0.223 e. The number of nitrogens with zero attached hydrogens (tertiary/aromatic N) is 1. The Kier molecular flexibility index (Phi) is 6.24. The molecule has 0 aromatic rings. The van der Waals surface area contributed by atoms with Crippen LogP contribution in [0.1, 0.15) is 20.3 Å². The summed E-state index contributed by atoms with van der Waals surface area (Å²) in [6.07, 6.45) is 0.567. The van der Waals surface area contributed by atoms with Crippen LogP contribution in [0.15, 0.2) is 12.2 Å². The fourth-order valence-corrected chi connectivity index (χ4v) is 1.06. The molecule has 0 spiro atoms. The summed E-state index contributed by atoms with van der Waals surface area (Å²) in [5.41, 5.74) is 1.01. The second-order valence-electron chi connectivity index (χ2n) is 3.31. The molecule has 0 aliphatic heterocycles. The minimum atomic E-state index is 0.170. The molecule has 0 atom stereocenters. The van der Waals surface area contributed by atoms with Crippen LogP contribution in [0.5, 0.6) is 0 Å². The van der Waals surface area contributed by atoms with Gasteiger partial charge in [0.25, 0.3) is 0 Å². The molecule has 3 nitrogen and oxygen atoms in total. The zero-order chi connectivity index (χ0) is 10.3. The SMILES string of the molecule is C=C(C)CN(C)C(=O)CCNCC. The molecule has 0 aliphatic rings. The molecule has 0 aliphatic carbocycles. The predicted molar refractivity (Wildman–Crippen MR) is 55.6 cm³/mol. The second kappa shape index (κ2) is 6.66. The van der Waals surface area contributed by atoms with Gasteiger partial charge in [0.1, 0.15) is 0 Å². The minimum absolute atomic E-state index is 0.170. The molecule has 0 rings (SSSR count). The van der Waals surface area contributed by atoms with Crippen LogP contribution in [0, 0.1) is 0 Å². The Morgan fingerprint density at radius 2 is 2.15 bits per heavy atom. The Bertz CT molecular complexity index is 178. The molecular weight excluding hydrogens is 164 g/mol. The predicted octanol–water partition coefficient (Wildman–Crippen LogP) is 1.02. The van der Waals surface area contributed by atoms with E-state index in [2.05, 4.69) is 11.9 Å². The van der Waals surface area contributed by atoms with Crippen LogP contribution in [-0.2, 0) is 4.79 Å². The van der Waals surface area contributed by atoms with Crippen LogP contribution in [0.4, 0.5) is 0 Å². The van der Waals surface area contributed by atoms with Gasteiger partial charge in [-0.3, -0.25) is 4.79 Å². The summed E-state index contributed by atoms with van der Waals surface area (Å²) in [5, 5.41) is 3.12. The van der Waals surface area contributed by atoms with E-state index in [1.54, 1.807) is 4.90 Å². The van der Waals surface area contributed by atoms with Gasteiger partial charge in [-0.2, -0.15) is 0 Å². The fraction of sp³-hybridized carbons (Fsp3) is 0.700. The molecule has 0 bridgehead atoms. The Labute approximate surface area is 80.8 Å². The van der Waals surface area contributed by atoms with Gasteiger partial charge in [-0.1, -0.05) is 19.1 Å². The summed E-state index contributed by atoms with van der Waals surface area (Å²) < 4.78 is 0. The van der Waals surface area contributed by atoms with Crippen LogP contribution in [0.25, 0.3) is 0 Å². The molecule has 0 fully saturated rings. The number of amides is 1. The lowest BCUT2D eigenvalue weighted by Gasteiger charge is -2.16. The van der Waals surface area contributed by atoms with Crippen molar-refractivity contribution in [3.63, 3.8) is 0 Å². The Morgan fingerprint density at radius 3 is 2.62 bits per heavy atom. The van der Waals surface area contributed by atoms with Crippen molar-refractivity contribution in [3.05, 3.63) is 12.2 Å². The van der Waals surface area contributed by atoms with Crippen molar-refractivity contribution < 1.29 is 4.79 Å². The molecule has 0 unspecified atom stereocenters. The molecule has 0 heterocycles. The fourth-order valence-electron chi connectivity index (χ4n) is 1.06. The summed E-state index contributed by atoms with van der Waals surface area (Å²) in [6.45, 7) is 10.1. The Morgan fingerprint density at radius 1 is 1.54 bits per heavy atom. The molecular formula is C10H20N2O. The highest BCUT2D eigenvalue weighted by atomic mass is 16.2. The topological polar surface area (TPSA) is 32.3 Å². The number of carbonyl (C=O) groups is 1. The highest BCUT2D eigenvalue weighted by Crippen LogP contribution is 1.95. The highest BCUT2D eigenvalue weighted by Gasteiger charge is 2.06. The molecule has 13 heavy (non-hydrogen) atoms. The van der Waals surface area contributed by atoms with Crippen molar-refractivity contribution in [2.24, 2.45) is 0 Å². The third-order valence-corrected chi connectivity index (χ3v) is 1.70. The van der Waals surface area contributed by atoms with E-state index in [0.29, 0.717) is 13.0 Å². The number of hydrogen-bond donors (Lipinski definition) is 1. The molecule has 0 aromatic heterocycles. The van der Waals surface area contributed by atoms with Crippen LogP contribution in [0.3, 0.4) is 0 Å². The molecule has 0 radical (unpaired) electrons. The van der Waals surface area contributed by atoms with Gasteiger partial charge in [0, 0.05) is 26.6 Å². The van der Waals surface area contributed by atoms with Crippen molar-refractivity contribution >= 4 is 5.91 Å². The van der Waals surface area contributed by atoms with E-state index < -0.39 is 0 Å². The zero-order valence-electron chi connectivity index (χ0n) is 8.89. The van der Waals surface area contributed by atoms with E-state index in [0.717, 1.165) is 18.7 Å². The summed E-state index contributed by atoms with van der Waals surface area (Å²) in [6, 6.07) is 0. The highest BCUT2D eigenvalue weighted by molar-refractivity contribution is 5.76. The Balaban J connectivity index is 3.63. The lowest BCUT2D eigenvalue weighted by Crippen LogP contribution is -2.30. The van der Waals surface area contributed by atoms with Crippen molar-refractivity contribution in [1.82, 2.24) is 10.2 Å². The standard InChI is InChI=1S/C10H20N2O/c1-5-11-7-6-10(13)12(4)8-9(2)3/h11H,2,5-8H2,1,3-4H3. The lowest BCUT2D eigenvalue weighted by atomic mass is 10.3. The van der Waals surface area contributed by atoms with Crippen LogP contribution in [-0.4, -0.2) is 37.5 Å². The molecule has 76 valence electrons. The van der Waals surface area contributed by atoms with E-state index in [4.69, 9.17) is 0 Å². The van der Waals surface area contributed by atoms with E-state index in [1.165, 1.54) is 0 Å². The molecule has 0 saturated heterocycles. The number of nitrogens with one attached hydrogen (secondary N) is 1. The molecule has 0 saturated carbocycles. The van der Waals surface area contributed by atoms with E-state index in [9.17, 15) is 4.79 Å². The number of carbonyl (C=O) groups excluding carboxylic acids is 1. The minimum Gasteiger partial charge on any atom is -0.342 e. The number of hydrogen-bond acceptors (Lipinski definition) is 2. The largest absolute Gasteiger partial charge is 0.342 e. The maximum atomic E-state index is 11.4. The van der Waals surface area contributed by atoms with Gasteiger partial charge in [0.2, 0.25) is 5.91 Å². The van der Waals surface area contributed by atoms with Crippen LogP contribution in [0.2, 0.25) is 0 Å². The smallest absolute Gasteiger partial charge is 0.223 e. The van der Waals surface area contributed by atoms with Gasteiger partial charge in [0.05, 0.1) is 0 Å².